The Bertz CT molecular complexity index is 774. The lowest BCUT2D eigenvalue weighted by molar-refractivity contribution is -0.124. The van der Waals surface area contributed by atoms with Crippen LogP contribution in [0.3, 0.4) is 0 Å². The first kappa shape index (κ1) is 17.3. The van der Waals surface area contributed by atoms with E-state index in [9.17, 15) is 9.59 Å². The van der Waals surface area contributed by atoms with Gasteiger partial charge in [0.05, 0.1) is 7.11 Å². The van der Waals surface area contributed by atoms with Gasteiger partial charge >= 0.3 is 0 Å². The lowest BCUT2D eigenvalue weighted by atomic mass is 10.1. The summed E-state index contributed by atoms with van der Waals surface area (Å²) in [5, 5.41) is 0.623. The zero-order chi connectivity index (χ0) is 18.0. The Balaban J connectivity index is 1.76. The fraction of sp³-hybridized carbons (Fsp3) is 0.263. The summed E-state index contributed by atoms with van der Waals surface area (Å²) in [5.74, 6) is 0.433. The van der Waals surface area contributed by atoms with Crippen molar-refractivity contribution >= 4 is 29.1 Å². The minimum Gasteiger partial charge on any atom is -0.497 e. The number of carbonyl (C=O) groups excluding carboxylic acids is 2. The molecule has 2 amide bonds. The Morgan fingerprint density at radius 3 is 2.32 bits per heavy atom. The van der Waals surface area contributed by atoms with Crippen LogP contribution in [-0.4, -0.2) is 43.0 Å². The second kappa shape index (κ2) is 7.15. The molecule has 0 bridgehead atoms. The maximum atomic E-state index is 12.7. The number of nitrogens with zero attached hydrogens (tertiary/aromatic N) is 2. The molecule has 0 saturated carbocycles. The summed E-state index contributed by atoms with van der Waals surface area (Å²) in [7, 11) is 1.58. The van der Waals surface area contributed by atoms with Crippen LogP contribution in [0.2, 0.25) is 5.02 Å². The third-order valence-electron chi connectivity index (χ3n) is 4.39. The van der Waals surface area contributed by atoms with Gasteiger partial charge < -0.3 is 14.5 Å². The summed E-state index contributed by atoms with van der Waals surface area (Å²) in [6, 6.07) is 13.5. The van der Waals surface area contributed by atoms with Gasteiger partial charge in [0.2, 0.25) is 5.91 Å². The molecule has 6 heteroatoms. The lowest BCUT2D eigenvalue weighted by Gasteiger charge is -2.39. The smallest absolute Gasteiger partial charge is 0.254 e. The number of amides is 2. The van der Waals surface area contributed by atoms with Gasteiger partial charge in [-0.1, -0.05) is 11.6 Å². The summed E-state index contributed by atoms with van der Waals surface area (Å²) in [6.07, 6.45) is 0. The summed E-state index contributed by atoms with van der Waals surface area (Å²) in [5.41, 5.74) is 1.33. The monoisotopic (exact) mass is 358 g/mol. The van der Waals surface area contributed by atoms with Crippen molar-refractivity contribution in [1.29, 1.82) is 0 Å². The Kier molecular flexibility index (Phi) is 4.95. The van der Waals surface area contributed by atoms with Crippen molar-refractivity contribution in [3.8, 4) is 5.75 Å². The van der Waals surface area contributed by atoms with Crippen molar-refractivity contribution in [3.63, 3.8) is 0 Å². The maximum absolute atomic E-state index is 12.7. The van der Waals surface area contributed by atoms with E-state index >= 15 is 0 Å². The number of carbonyl (C=O) groups is 2. The van der Waals surface area contributed by atoms with Gasteiger partial charge in [-0.3, -0.25) is 9.59 Å². The summed E-state index contributed by atoms with van der Waals surface area (Å²) in [6.45, 7) is 2.68. The van der Waals surface area contributed by atoms with E-state index in [4.69, 9.17) is 16.3 Å². The van der Waals surface area contributed by atoms with Crippen molar-refractivity contribution < 1.29 is 14.3 Å². The third-order valence-corrected chi connectivity index (χ3v) is 4.64. The van der Waals surface area contributed by atoms with Crippen LogP contribution < -0.4 is 9.64 Å². The number of ether oxygens (including phenoxy) is 1. The quantitative estimate of drug-likeness (QED) is 0.846. The molecule has 1 aliphatic rings. The fourth-order valence-corrected chi connectivity index (χ4v) is 3.05. The largest absolute Gasteiger partial charge is 0.497 e. The summed E-state index contributed by atoms with van der Waals surface area (Å²) in [4.78, 5) is 28.8. The highest BCUT2D eigenvalue weighted by molar-refractivity contribution is 6.30. The number of piperazine rings is 1. The van der Waals surface area contributed by atoms with Crippen molar-refractivity contribution in [2.24, 2.45) is 0 Å². The molecule has 2 aromatic rings. The molecular formula is C19H19ClN2O3. The topological polar surface area (TPSA) is 49.9 Å². The third kappa shape index (κ3) is 3.46. The molecule has 3 rings (SSSR count). The summed E-state index contributed by atoms with van der Waals surface area (Å²) < 4.78 is 5.11. The number of rotatable bonds is 3. The van der Waals surface area contributed by atoms with E-state index in [0.29, 0.717) is 29.4 Å². The molecule has 1 atom stereocenters. The molecule has 1 aliphatic heterocycles. The predicted molar refractivity (Wildman–Crippen MR) is 97.3 cm³/mol. The molecule has 0 unspecified atom stereocenters. The number of halogens is 1. The van der Waals surface area contributed by atoms with Gasteiger partial charge in [-0.05, 0) is 55.5 Å². The van der Waals surface area contributed by atoms with Gasteiger partial charge in [0.25, 0.3) is 5.91 Å². The highest BCUT2D eigenvalue weighted by Gasteiger charge is 2.35. The highest BCUT2D eigenvalue weighted by atomic mass is 35.5. The van der Waals surface area contributed by atoms with Crippen LogP contribution in [0.5, 0.6) is 5.75 Å². The van der Waals surface area contributed by atoms with Crippen molar-refractivity contribution in [3.05, 3.63) is 59.1 Å². The molecule has 0 N–H and O–H groups in total. The van der Waals surface area contributed by atoms with Crippen LogP contribution in [0.25, 0.3) is 0 Å². The molecule has 0 spiro atoms. The first-order valence-corrected chi connectivity index (χ1v) is 8.41. The van der Waals surface area contributed by atoms with Gasteiger partial charge in [-0.15, -0.1) is 0 Å². The zero-order valence-corrected chi connectivity index (χ0v) is 14.9. The van der Waals surface area contributed by atoms with E-state index in [-0.39, 0.29) is 11.8 Å². The van der Waals surface area contributed by atoms with Gasteiger partial charge in [0.15, 0.2) is 0 Å². The van der Waals surface area contributed by atoms with Crippen LogP contribution in [0.4, 0.5) is 5.69 Å². The molecule has 1 fully saturated rings. The Morgan fingerprint density at radius 2 is 1.72 bits per heavy atom. The standard InChI is InChI=1S/C19H19ClN2O3/c1-13-18(23)22(16-7-5-15(20)6-8-16)12-11-21(13)19(24)14-3-9-17(25-2)10-4-14/h3-10,13H,11-12H2,1-2H3/t13-/m0/s1. The van der Waals surface area contributed by atoms with E-state index in [1.54, 1.807) is 60.2 Å². The molecule has 0 aromatic heterocycles. The van der Waals surface area contributed by atoms with Gasteiger partial charge in [0.1, 0.15) is 11.8 Å². The molecule has 25 heavy (non-hydrogen) atoms. The average Bonchev–Trinajstić information content (AvgIpc) is 2.64. The van der Waals surface area contributed by atoms with Gasteiger partial charge in [0, 0.05) is 29.4 Å². The average molecular weight is 359 g/mol. The minimum absolute atomic E-state index is 0.101. The number of hydrogen-bond acceptors (Lipinski definition) is 3. The number of methoxy groups -OCH3 is 1. The van der Waals surface area contributed by atoms with E-state index in [0.717, 1.165) is 5.69 Å². The number of benzene rings is 2. The van der Waals surface area contributed by atoms with E-state index in [2.05, 4.69) is 0 Å². The lowest BCUT2D eigenvalue weighted by Crippen LogP contribution is -2.57. The molecule has 1 heterocycles. The van der Waals surface area contributed by atoms with Crippen molar-refractivity contribution in [2.45, 2.75) is 13.0 Å². The van der Waals surface area contributed by atoms with Gasteiger partial charge in [-0.2, -0.15) is 0 Å². The zero-order valence-electron chi connectivity index (χ0n) is 14.1. The van der Waals surface area contributed by atoms with Crippen LogP contribution >= 0.6 is 11.6 Å². The Hall–Kier alpha value is -2.53. The van der Waals surface area contributed by atoms with Crippen molar-refractivity contribution in [2.75, 3.05) is 25.1 Å². The summed E-state index contributed by atoms with van der Waals surface area (Å²) >= 11 is 5.90. The fourth-order valence-electron chi connectivity index (χ4n) is 2.92. The first-order valence-electron chi connectivity index (χ1n) is 8.03. The number of anilines is 1. The van der Waals surface area contributed by atoms with E-state index < -0.39 is 6.04 Å². The molecule has 0 aliphatic carbocycles. The second-order valence-electron chi connectivity index (χ2n) is 5.87. The molecule has 130 valence electrons. The van der Waals surface area contributed by atoms with E-state index in [1.165, 1.54) is 0 Å². The van der Waals surface area contributed by atoms with Crippen LogP contribution in [-0.2, 0) is 4.79 Å². The minimum atomic E-state index is -0.529. The number of hydrogen-bond donors (Lipinski definition) is 0. The van der Waals surface area contributed by atoms with E-state index in [1.807, 2.05) is 12.1 Å². The maximum Gasteiger partial charge on any atom is 0.254 e. The first-order chi connectivity index (χ1) is 12.0. The predicted octanol–water partition coefficient (Wildman–Crippen LogP) is 3.23. The SMILES string of the molecule is COc1ccc(C(=O)N2CCN(c3ccc(Cl)cc3)C(=O)[C@@H]2C)cc1. The Labute approximate surface area is 151 Å². The van der Waals surface area contributed by atoms with Crippen molar-refractivity contribution in [1.82, 2.24) is 4.90 Å². The van der Waals surface area contributed by atoms with Crippen LogP contribution in [0.1, 0.15) is 17.3 Å². The molecule has 1 saturated heterocycles. The molecule has 0 radical (unpaired) electrons. The molecule has 2 aromatic carbocycles. The Morgan fingerprint density at radius 1 is 1.08 bits per heavy atom. The normalized spacial score (nSPS) is 17.6. The van der Waals surface area contributed by atoms with Crippen LogP contribution in [0.15, 0.2) is 48.5 Å². The van der Waals surface area contributed by atoms with Gasteiger partial charge in [-0.25, -0.2) is 0 Å². The molecular weight excluding hydrogens is 340 g/mol. The second-order valence-corrected chi connectivity index (χ2v) is 6.31. The van der Waals surface area contributed by atoms with Crippen LogP contribution in [0, 0.1) is 0 Å². The highest BCUT2D eigenvalue weighted by Crippen LogP contribution is 2.24. The molecule has 5 nitrogen and oxygen atoms in total.